The Bertz CT molecular complexity index is 656. The van der Waals surface area contributed by atoms with Crippen molar-refractivity contribution in [3.63, 3.8) is 0 Å². The molecule has 2 N–H and O–H groups in total. The zero-order valence-electron chi connectivity index (χ0n) is 13.1. The van der Waals surface area contributed by atoms with Crippen LogP contribution in [0, 0.1) is 10.1 Å². The van der Waals surface area contributed by atoms with Crippen molar-refractivity contribution in [1.82, 2.24) is 5.32 Å². The molecule has 0 amide bonds. The molecule has 0 bridgehead atoms. The molecule has 6 nitrogen and oxygen atoms in total. The van der Waals surface area contributed by atoms with Crippen molar-refractivity contribution in [1.29, 1.82) is 0 Å². The lowest BCUT2D eigenvalue weighted by molar-refractivity contribution is -0.384. The van der Waals surface area contributed by atoms with Crippen molar-refractivity contribution in [2.45, 2.75) is 26.0 Å². The van der Waals surface area contributed by atoms with E-state index < -0.39 is 10.5 Å². The number of nitrogens with one attached hydrogen (secondary N) is 1. The van der Waals surface area contributed by atoms with Gasteiger partial charge in [0.15, 0.2) is 0 Å². The minimum Gasteiger partial charge on any atom is -0.494 e. The summed E-state index contributed by atoms with van der Waals surface area (Å²) in [5, 5.41) is 28.4. The van der Waals surface area contributed by atoms with Crippen LogP contribution < -0.4 is 10.1 Å². The van der Waals surface area contributed by atoms with Crippen molar-refractivity contribution in [3.05, 3.63) is 56.3 Å². The fourth-order valence-corrected chi connectivity index (χ4v) is 3.01. The van der Waals surface area contributed by atoms with Crippen LogP contribution in [-0.2, 0) is 12.1 Å². The Morgan fingerprint density at radius 3 is 2.83 bits per heavy atom. The van der Waals surface area contributed by atoms with Crippen LogP contribution >= 0.6 is 11.3 Å². The molecular formula is C16H20N2O4S. The Morgan fingerprint density at radius 1 is 1.43 bits per heavy atom. The highest BCUT2D eigenvalue weighted by molar-refractivity contribution is 7.08. The Kier molecular flexibility index (Phi) is 5.70. The first-order valence-electron chi connectivity index (χ1n) is 7.30. The Balaban J connectivity index is 2.06. The molecule has 0 aliphatic rings. The van der Waals surface area contributed by atoms with E-state index in [-0.39, 0.29) is 5.69 Å². The van der Waals surface area contributed by atoms with E-state index in [1.165, 1.54) is 23.5 Å². The molecule has 124 valence electrons. The SMILES string of the molecule is CCOc1ccc([N+](=O)[O-])cc1CNCC(C)(O)c1ccsc1. The number of nitro benzene ring substituents is 1. The van der Waals surface area contributed by atoms with Crippen LogP contribution in [-0.4, -0.2) is 23.2 Å². The predicted molar refractivity (Wildman–Crippen MR) is 89.9 cm³/mol. The standard InChI is InChI=1S/C16H20N2O4S/c1-3-22-15-5-4-14(18(20)21)8-12(15)9-17-11-16(2,19)13-6-7-23-10-13/h4-8,10,17,19H,3,9,11H2,1-2H3. The highest BCUT2D eigenvalue weighted by Gasteiger charge is 2.23. The van der Waals surface area contributed by atoms with E-state index >= 15 is 0 Å². The van der Waals surface area contributed by atoms with E-state index in [9.17, 15) is 15.2 Å². The van der Waals surface area contributed by atoms with Gasteiger partial charge in [-0.05, 0) is 42.3 Å². The van der Waals surface area contributed by atoms with Crippen LogP contribution in [0.15, 0.2) is 35.0 Å². The van der Waals surface area contributed by atoms with Crippen molar-refractivity contribution < 1.29 is 14.8 Å². The Morgan fingerprint density at radius 2 is 2.22 bits per heavy atom. The molecule has 0 aliphatic carbocycles. The smallest absolute Gasteiger partial charge is 0.270 e. The molecule has 0 saturated carbocycles. The third-order valence-corrected chi connectivity index (χ3v) is 4.17. The third kappa shape index (κ3) is 4.51. The Hall–Kier alpha value is -1.96. The van der Waals surface area contributed by atoms with Crippen LogP contribution in [0.2, 0.25) is 0 Å². The number of aliphatic hydroxyl groups is 1. The van der Waals surface area contributed by atoms with Crippen LogP contribution in [0.4, 0.5) is 5.69 Å². The topological polar surface area (TPSA) is 84.6 Å². The largest absolute Gasteiger partial charge is 0.494 e. The quantitative estimate of drug-likeness (QED) is 0.572. The van der Waals surface area contributed by atoms with Gasteiger partial charge in [-0.3, -0.25) is 10.1 Å². The molecule has 0 saturated heterocycles. The number of non-ortho nitro benzene ring substituents is 1. The van der Waals surface area contributed by atoms with Crippen LogP contribution in [0.5, 0.6) is 5.75 Å². The molecule has 2 rings (SSSR count). The van der Waals surface area contributed by atoms with E-state index in [4.69, 9.17) is 4.74 Å². The zero-order valence-corrected chi connectivity index (χ0v) is 13.9. The summed E-state index contributed by atoms with van der Waals surface area (Å²) < 4.78 is 5.50. The first-order chi connectivity index (χ1) is 10.9. The highest BCUT2D eigenvalue weighted by Crippen LogP contribution is 2.25. The summed E-state index contributed by atoms with van der Waals surface area (Å²) in [7, 11) is 0. The van der Waals surface area contributed by atoms with E-state index in [0.29, 0.717) is 31.0 Å². The number of ether oxygens (including phenoxy) is 1. The number of nitrogens with zero attached hydrogens (tertiary/aromatic N) is 1. The van der Waals surface area contributed by atoms with Gasteiger partial charge in [-0.2, -0.15) is 11.3 Å². The van der Waals surface area contributed by atoms with Gasteiger partial charge in [0.25, 0.3) is 5.69 Å². The molecule has 2 aromatic rings. The van der Waals surface area contributed by atoms with Gasteiger partial charge >= 0.3 is 0 Å². The number of hydrogen-bond acceptors (Lipinski definition) is 6. The second kappa shape index (κ2) is 7.54. The highest BCUT2D eigenvalue weighted by atomic mass is 32.1. The second-order valence-electron chi connectivity index (χ2n) is 5.37. The number of thiophene rings is 1. The second-order valence-corrected chi connectivity index (χ2v) is 6.15. The number of hydrogen-bond donors (Lipinski definition) is 2. The summed E-state index contributed by atoms with van der Waals surface area (Å²) in [4.78, 5) is 10.5. The van der Waals surface area contributed by atoms with Gasteiger partial charge in [-0.1, -0.05) is 0 Å². The average molecular weight is 336 g/mol. The molecule has 23 heavy (non-hydrogen) atoms. The van der Waals surface area contributed by atoms with E-state index in [2.05, 4.69) is 5.32 Å². The van der Waals surface area contributed by atoms with Crippen molar-refractivity contribution in [2.24, 2.45) is 0 Å². The summed E-state index contributed by atoms with van der Waals surface area (Å²) in [6.07, 6.45) is 0. The number of benzene rings is 1. The minimum absolute atomic E-state index is 0.0230. The maximum absolute atomic E-state index is 10.9. The minimum atomic E-state index is -0.994. The van der Waals surface area contributed by atoms with Gasteiger partial charge in [0.1, 0.15) is 5.75 Å². The zero-order chi connectivity index (χ0) is 16.9. The molecule has 0 spiro atoms. The fraction of sp³-hybridized carbons (Fsp3) is 0.375. The van der Waals surface area contributed by atoms with Crippen molar-refractivity contribution in [3.8, 4) is 5.75 Å². The monoisotopic (exact) mass is 336 g/mol. The normalized spacial score (nSPS) is 13.5. The van der Waals surface area contributed by atoms with Gasteiger partial charge in [-0.15, -0.1) is 0 Å². The first kappa shape index (κ1) is 17.4. The lowest BCUT2D eigenvalue weighted by Crippen LogP contribution is -2.34. The maximum Gasteiger partial charge on any atom is 0.270 e. The fourth-order valence-electron chi connectivity index (χ4n) is 2.23. The summed E-state index contributed by atoms with van der Waals surface area (Å²) in [5.41, 5.74) is 0.572. The van der Waals surface area contributed by atoms with E-state index in [1.807, 2.05) is 23.8 Å². The summed E-state index contributed by atoms with van der Waals surface area (Å²) in [6, 6.07) is 6.41. The molecule has 1 atom stereocenters. The lowest BCUT2D eigenvalue weighted by atomic mass is 9.99. The maximum atomic E-state index is 10.9. The lowest BCUT2D eigenvalue weighted by Gasteiger charge is -2.23. The van der Waals surface area contributed by atoms with E-state index in [1.54, 1.807) is 13.0 Å². The summed E-state index contributed by atoms with van der Waals surface area (Å²) >= 11 is 1.53. The van der Waals surface area contributed by atoms with Gasteiger partial charge in [0.05, 0.1) is 17.1 Å². The van der Waals surface area contributed by atoms with Gasteiger partial charge < -0.3 is 15.2 Å². The average Bonchev–Trinajstić information content (AvgIpc) is 3.04. The Labute approximate surface area is 138 Å². The summed E-state index contributed by atoms with van der Waals surface area (Å²) in [5.74, 6) is 0.612. The molecular weight excluding hydrogens is 316 g/mol. The van der Waals surface area contributed by atoms with Crippen molar-refractivity contribution >= 4 is 17.0 Å². The van der Waals surface area contributed by atoms with Gasteiger partial charge in [-0.25, -0.2) is 0 Å². The first-order valence-corrected chi connectivity index (χ1v) is 8.24. The third-order valence-electron chi connectivity index (χ3n) is 3.48. The molecule has 0 aliphatic heterocycles. The molecule has 1 heterocycles. The molecule has 7 heteroatoms. The van der Waals surface area contributed by atoms with E-state index in [0.717, 1.165) is 5.56 Å². The van der Waals surface area contributed by atoms with Gasteiger partial charge in [0.2, 0.25) is 0 Å². The molecule has 0 fully saturated rings. The molecule has 1 aromatic carbocycles. The van der Waals surface area contributed by atoms with Crippen LogP contribution in [0.3, 0.4) is 0 Å². The molecule has 1 unspecified atom stereocenters. The number of nitro groups is 1. The predicted octanol–water partition coefficient (Wildman–Crippen LogP) is 3.05. The van der Waals surface area contributed by atoms with Crippen LogP contribution in [0.1, 0.15) is 25.0 Å². The number of rotatable bonds is 8. The molecule has 0 radical (unpaired) electrons. The summed E-state index contributed by atoms with van der Waals surface area (Å²) in [6.45, 7) is 4.78. The van der Waals surface area contributed by atoms with Crippen LogP contribution in [0.25, 0.3) is 0 Å². The van der Waals surface area contributed by atoms with Gasteiger partial charge in [0, 0.05) is 30.8 Å². The van der Waals surface area contributed by atoms with Crippen molar-refractivity contribution in [2.75, 3.05) is 13.2 Å². The molecule has 1 aromatic heterocycles.